The van der Waals surface area contributed by atoms with E-state index in [9.17, 15) is 4.39 Å². The maximum atomic E-state index is 13.4. The third-order valence-electron chi connectivity index (χ3n) is 2.91. The molecular weight excluding hydrogens is 366 g/mol. The van der Waals surface area contributed by atoms with E-state index in [1.807, 2.05) is 12.1 Å². The number of rotatable bonds is 4. The highest BCUT2D eigenvalue weighted by Crippen LogP contribution is 2.27. The van der Waals surface area contributed by atoms with Crippen molar-refractivity contribution in [2.45, 2.75) is 12.5 Å². The van der Waals surface area contributed by atoms with Gasteiger partial charge in [0.2, 0.25) is 0 Å². The molecule has 0 saturated carbocycles. The Morgan fingerprint density at radius 3 is 2.50 bits per heavy atom. The highest BCUT2D eigenvalue weighted by Gasteiger charge is 2.13. The Balaban J connectivity index is 2.26. The van der Waals surface area contributed by atoms with Crippen LogP contribution in [0, 0.1) is 5.82 Å². The first-order valence-corrected chi connectivity index (χ1v) is 7.40. The standard InChI is InChI=1S/C14H12BrCl2FN2/c15-10-5-9(6-11(18)7-10)14(20-19)4-8-1-2-12(16)13(17)3-8/h1-3,5-7,14,20H,4,19H2. The summed E-state index contributed by atoms with van der Waals surface area (Å²) in [6.07, 6.45) is 0.573. The molecular formula is C14H12BrCl2FN2. The molecule has 0 aliphatic heterocycles. The third kappa shape index (κ3) is 3.93. The number of halogens is 4. The van der Waals surface area contributed by atoms with Crippen molar-refractivity contribution in [3.05, 3.63) is 67.9 Å². The second-order valence-corrected chi connectivity index (χ2v) is 6.10. The maximum Gasteiger partial charge on any atom is 0.124 e. The van der Waals surface area contributed by atoms with Crippen molar-refractivity contribution >= 4 is 39.1 Å². The van der Waals surface area contributed by atoms with Gasteiger partial charge in [0.1, 0.15) is 5.82 Å². The van der Waals surface area contributed by atoms with E-state index in [1.54, 1.807) is 12.1 Å². The molecule has 0 saturated heterocycles. The van der Waals surface area contributed by atoms with Crippen molar-refractivity contribution in [3.63, 3.8) is 0 Å². The molecule has 0 aromatic heterocycles. The average molecular weight is 378 g/mol. The van der Waals surface area contributed by atoms with Crippen molar-refractivity contribution < 1.29 is 4.39 Å². The largest absolute Gasteiger partial charge is 0.271 e. The van der Waals surface area contributed by atoms with Gasteiger partial charge >= 0.3 is 0 Å². The molecule has 0 fully saturated rings. The molecule has 2 rings (SSSR count). The van der Waals surface area contributed by atoms with Gasteiger partial charge in [0.15, 0.2) is 0 Å². The monoisotopic (exact) mass is 376 g/mol. The lowest BCUT2D eigenvalue weighted by Crippen LogP contribution is -2.29. The lowest BCUT2D eigenvalue weighted by molar-refractivity contribution is 0.544. The Hall–Kier alpha value is -0.650. The van der Waals surface area contributed by atoms with Crippen LogP contribution < -0.4 is 11.3 Å². The predicted molar refractivity (Wildman–Crippen MR) is 84.3 cm³/mol. The van der Waals surface area contributed by atoms with E-state index in [0.717, 1.165) is 11.1 Å². The summed E-state index contributed by atoms with van der Waals surface area (Å²) >= 11 is 15.1. The van der Waals surface area contributed by atoms with Crippen LogP contribution in [0.3, 0.4) is 0 Å². The maximum absolute atomic E-state index is 13.4. The smallest absolute Gasteiger partial charge is 0.124 e. The zero-order valence-electron chi connectivity index (χ0n) is 10.3. The van der Waals surface area contributed by atoms with Crippen molar-refractivity contribution in [2.75, 3.05) is 0 Å². The molecule has 0 bridgehead atoms. The molecule has 0 radical (unpaired) electrons. The van der Waals surface area contributed by atoms with Gasteiger partial charge in [0, 0.05) is 4.47 Å². The van der Waals surface area contributed by atoms with Gasteiger partial charge in [-0.2, -0.15) is 0 Å². The fourth-order valence-electron chi connectivity index (χ4n) is 1.95. The second-order valence-electron chi connectivity index (χ2n) is 4.37. The zero-order chi connectivity index (χ0) is 14.7. The van der Waals surface area contributed by atoms with Gasteiger partial charge in [0.25, 0.3) is 0 Å². The molecule has 1 unspecified atom stereocenters. The third-order valence-corrected chi connectivity index (χ3v) is 4.11. The highest BCUT2D eigenvalue weighted by atomic mass is 79.9. The number of hydrazine groups is 1. The van der Waals surface area contributed by atoms with E-state index in [4.69, 9.17) is 29.0 Å². The van der Waals surface area contributed by atoms with Crippen LogP contribution in [0.25, 0.3) is 0 Å². The number of hydrogen-bond acceptors (Lipinski definition) is 2. The fraction of sp³-hybridized carbons (Fsp3) is 0.143. The van der Waals surface area contributed by atoms with Crippen molar-refractivity contribution in [1.29, 1.82) is 0 Å². The fourth-order valence-corrected chi connectivity index (χ4v) is 2.76. The van der Waals surface area contributed by atoms with Crippen LogP contribution in [-0.2, 0) is 6.42 Å². The molecule has 20 heavy (non-hydrogen) atoms. The van der Waals surface area contributed by atoms with Gasteiger partial charge in [-0.1, -0.05) is 45.2 Å². The summed E-state index contributed by atoms with van der Waals surface area (Å²) in [5.74, 6) is 5.26. The first-order valence-electron chi connectivity index (χ1n) is 5.85. The molecule has 6 heteroatoms. The molecule has 3 N–H and O–H groups in total. The molecule has 0 aliphatic rings. The Morgan fingerprint density at radius 2 is 1.90 bits per heavy atom. The normalized spacial score (nSPS) is 12.4. The van der Waals surface area contributed by atoms with Gasteiger partial charge in [-0.15, -0.1) is 0 Å². The van der Waals surface area contributed by atoms with Crippen LogP contribution in [0.5, 0.6) is 0 Å². The van der Waals surface area contributed by atoms with Crippen LogP contribution in [0.4, 0.5) is 4.39 Å². The summed E-state index contributed by atoms with van der Waals surface area (Å²) in [5.41, 5.74) is 4.41. The van der Waals surface area contributed by atoms with E-state index < -0.39 is 0 Å². The van der Waals surface area contributed by atoms with Gasteiger partial charge in [-0.25, -0.2) is 4.39 Å². The molecule has 106 valence electrons. The van der Waals surface area contributed by atoms with Crippen LogP contribution in [0.15, 0.2) is 40.9 Å². The zero-order valence-corrected chi connectivity index (χ0v) is 13.4. The minimum absolute atomic E-state index is 0.223. The molecule has 2 aromatic carbocycles. The van der Waals surface area contributed by atoms with Crippen LogP contribution in [-0.4, -0.2) is 0 Å². The number of nitrogens with one attached hydrogen (secondary N) is 1. The summed E-state index contributed by atoms with van der Waals surface area (Å²) in [4.78, 5) is 0. The highest BCUT2D eigenvalue weighted by molar-refractivity contribution is 9.10. The van der Waals surface area contributed by atoms with Crippen molar-refractivity contribution in [2.24, 2.45) is 5.84 Å². The van der Waals surface area contributed by atoms with Crippen molar-refractivity contribution in [3.8, 4) is 0 Å². The number of nitrogens with two attached hydrogens (primary N) is 1. The minimum atomic E-state index is -0.316. The first-order chi connectivity index (χ1) is 9.49. The molecule has 1 atom stereocenters. The van der Waals surface area contributed by atoms with Crippen LogP contribution >= 0.6 is 39.1 Å². The average Bonchev–Trinajstić information content (AvgIpc) is 2.38. The summed E-state index contributed by atoms with van der Waals surface area (Å²) in [6, 6.07) is 9.83. The Labute approximate surface area is 135 Å². The first kappa shape index (κ1) is 15.7. The van der Waals surface area contributed by atoms with E-state index in [1.165, 1.54) is 12.1 Å². The van der Waals surface area contributed by atoms with Crippen LogP contribution in [0.1, 0.15) is 17.2 Å². The SMILES string of the molecule is NNC(Cc1ccc(Cl)c(Cl)c1)c1cc(F)cc(Br)c1. The van der Waals surface area contributed by atoms with Gasteiger partial charge in [-0.3, -0.25) is 11.3 Å². The van der Waals surface area contributed by atoms with Crippen LogP contribution in [0.2, 0.25) is 10.0 Å². The summed E-state index contributed by atoms with van der Waals surface area (Å²) < 4.78 is 14.1. The lowest BCUT2D eigenvalue weighted by Gasteiger charge is -2.17. The van der Waals surface area contributed by atoms with E-state index in [-0.39, 0.29) is 11.9 Å². The minimum Gasteiger partial charge on any atom is -0.271 e. The number of hydrogen-bond donors (Lipinski definition) is 2. The Bertz CT molecular complexity index is 602. The summed E-state index contributed by atoms with van der Waals surface area (Å²) in [6.45, 7) is 0. The topological polar surface area (TPSA) is 38.0 Å². The molecule has 0 spiro atoms. The summed E-state index contributed by atoms with van der Waals surface area (Å²) in [7, 11) is 0. The predicted octanol–water partition coefficient (Wildman–Crippen LogP) is 4.64. The van der Waals surface area contributed by atoms with Gasteiger partial charge < -0.3 is 0 Å². The van der Waals surface area contributed by atoms with Crippen molar-refractivity contribution in [1.82, 2.24) is 5.43 Å². The molecule has 2 nitrogen and oxygen atoms in total. The lowest BCUT2D eigenvalue weighted by atomic mass is 9.99. The van der Waals surface area contributed by atoms with E-state index in [2.05, 4.69) is 21.4 Å². The van der Waals surface area contributed by atoms with E-state index >= 15 is 0 Å². The molecule has 0 amide bonds. The van der Waals surface area contributed by atoms with E-state index in [0.29, 0.717) is 20.9 Å². The Morgan fingerprint density at radius 1 is 1.15 bits per heavy atom. The number of benzene rings is 2. The summed E-state index contributed by atoms with van der Waals surface area (Å²) in [5, 5.41) is 0.988. The van der Waals surface area contributed by atoms with Gasteiger partial charge in [-0.05, 0) is 47.9 Å². The second kappa shape index (κ2) is 6.87. The van der Waals surface area contributed by atoms with Gasteiger partial charge in [0.05, 0.1) is 16.1 Å². The molecule has 0 aliphatic carbocycles. The Kier molecular flexibility index (Phi) is 5.41. The molecule has 0 heterocycles. The molecule has 2 aromatic rings. The quantitative estimate of drug-likeness (QED) is 0.601.